The van der Waals surface area contributed by atoms with Crippen LogP contribution in [-0.2, 0) is 0 Å². The molecular weight excluding hydrogens is 201 g/mol. The van der Waals surface area contributed by atoms with E-state index in [0.717, 1.165) is 11.5 Å². The van der Waals surface area contributed by atoms with Gasteiger partial charge in [0, 0.05) is 10.9 Å². The highest BCUT2D eigenvalue weighted by molar-refractivity contribution is 7.05. The molecule has 13 heavy (non-hydrogen) atoms. The van der Waals surface area contributed by atoms with Crippen molar-refractivity contribution in [1.29, 1.82) is 0 Å². The van der Waals surface area contributed by atoms with Gasteiger partial charge in [-0.1, -0.05) is 0 Å². The fourth-order valence-corrected chi connectivity index (χ4v) is 1.65. The average Bonchev–Trinajstić information content (AvgIpc) is 2.31. The molecule has 0 aliphatic rings. The average molecular weight is 210 g/mol. The summed E-state index contributed by atoms with van der Waals surface area (Å²) < 4.78 is 39.6. The third-order valence-corrected chi connectivity index (χ3v) is 2.47. The van der Waals surface area contributed by atoms with Crippen molar-refractivity contribution in [1.82, 2.24) is 4.37 Å². The second-order valence-electron chi connectivity index (χ2n) is 2.80. The quantitative estimate of drug-likeness (QED) is 0.814. The number of hydrogen-bond donors (Lipinski definition) is 1. The highest BCUT2D eigenvalue weighted by Crippen LogP contribution is 2.29. The van der Waals surface area contributed by atoms with Gasteiger partial charge >= 0.3 is 6.18 Å². The predicted molar refractivity (Wildman–Crippen MR) is 44.5 cm³/mol. The molecule has 1 unspecified atom stereocenters. The zero-order valence-corrected chi connectivity index (χ0v) is 7.75. The van der Waals surface area contributed by atoms with Crippen LogP contribution in [0.15, 0.2) is 6.07 Å². The molecular formula is C7H9F3N2S. The molecule has 0 bridgehead atoms. The first-order valence-corrected chi connectivity index (χ1v) is 4.41. The molecule has 6 heteroatoms. The first-order chi connectivity index (χ1) is 5.88. The minimum Gasteiger partial charge on any atom is -0.323 e. The Balaban J connectivity index is 2.64. The van der Waals surface area contributed by atoms with Gasteiger partial charge < -0.3 is 5.73 Å². The zero-order valence-electron chi connectivity index (χ0n) is 6.93. The molecule has 1 atom stereocenters. The molecule has 0 aromatic carbocycles. The standard InChI is InChI=1S/C7H9F3N2S/c1-4-2-6(13-12-4)5(11)3-7(8,9)10/h2,5H,3,11H2,1H3. The number of aryl methyl sites for hydroxylation is 1. The molecule has 1 rings (SSSR count). The van der Waals surface area contributed by atoms with Crippen LogP contribution in [0.4, 0.5) is 13.2 Å². The van der Waals surface area contributed by atoms with Gasteiger partial charge in [-0.2, -0.15) is 17.5 Å². The summed E-state index contributed by atoms with van der Waals surface area (Å²) in [6.07, 6.45) is -5.20. The molecule has 2 N–H and O–H groups in total. The van der Waals surface area contributed by atoms with Crippen LogP contribution in [-0.4, -0.2) is 10.5 Å². The van der Waals surface area contributed by atoms with Crippen molar-refractivity contribution in [2.24, 2.45) is 5.73 Å². The molecule has 0 saturated heterocycles. The topological polar surface area (TPSA) is 38.9 Å². The van der Waals surface area contributed by atoms with Gasteiger partial charge in [0.2, 0.25) is 0 Å². The summed E-state index contributed by atoms with van der Waals surface area (Å²) in [7, 11) is 0. The monoisotopic (exact) mass is 210 g/mol. The molecule has 0 amide bonds. The minimum atomic E-state index is -4.21. The van der Waals surface area contributed by atoms with Gasteiger partial charge in [-0.05, 0) is 24.5 Å². The van der Waals surface area contributed by atoms with E-state index in [4.69, 9.17) is 5.73 Å². The normalized spacial score (nSPS) is 14.5. The molecule has 0 fully saturated rings. The molecule has 0 radical (unpaired) electrons. The van der Waals surface area contributed by atoms with Crippen LogP contribution in [0.25, 0.3) is 0 Å². The fraction of sp³-hybridized carbons (Fsp3) is 0.571. The van der Waals surface area contributed by atoms with E-state index in [2.05, 4.69) is 4.37 Å². The molecule has 0 aliphatic carbocycles. The molecule has 2 nitrogen and oxygen atoms in total. The summed E-state index contributed by atoms with van der Waals surface area (Å²) in [4.78, 5) is 0.481. The van der Waals surface area contributed by atoms with Gasteiger partial charge in [0.05, 0.1) is 12.1 Å². The van der Waals surface area contributed by atoms with E-state index in [1.54, 1.807) is 13.0 Å². The van der Waals surface area contributed by atoms with Crippen molar-refractivity contribution in [2.45, 2.75) is 25.6 Å². The molecule has 1 heterocycles. The number of alkyl halides is 3. The van der Waals surface area contributed by atoms with Crippen LogP contribution in [0.2, 0.25) is 0 Å². The van der Waals surface area contributed by atoms with E-state index >= 15 is 0 Å². The Morgan fingerprint density at radius 3 is 2.62 bits per heavy atom. The van der Waals surface area contributed by atoms with Gasteiger partial charge in [-0.3, -0.25) is 0 Å². The maximum atomic E-state index is 11.9. The Morgan fingerprint density at radius 2 is 2.23 bits per heavy atom. The van der Waals surface area contributed by atoms with E-state index in [-0.39, 0.29) is 0 Å². The Bertz CT molecular complexity index is 282. The van der Waals surface area contributed by atoms with Gasteiger partial charge in [0.1, 0.15) is 0 Å². The third kappa shape index (κ3) is 3.31. The lowest BCUT2D eigenvalue weighted by Gasteiger charge is -2.11. The molecule has 74 valence electrons. The van der Waals surface area contributed by atoms with Gasteiger partial charge in [-0.25, -0.2) is 0 Å². The highest BCUT2D eigenvalue weighted by Gasteiger charge is 2.31. The van der Waals surface area contributed by atoms with Crippen molar-refractivity contribution in [3.8, 4) is 0 Å². The second kappa shape index (κ2) is 3.63. The maximum Gasteiger partial charge on any atom is 0.390 e. The van der Waals surface area contributed by atoms with Gasteiger partial charge in [-0.15, -0.1) is 0 Å². The van der Waals surface area contributed by atoms with E-state index in [0.29, 0.717) is 10.6 Å². The molecule has 0 saturated carbocycles. The summed E-state index contributed by atoms with van der Waals surface area (Å²) in [5.74, 6) is 0. The number of nitrogens with zero attached hydrogens (tertiary/aromatic N) is 1. The number of aromatic nitrogens is 1. The van der Waals surface area contributed by atoms with Crippen molar-refractivity contribution in [3.63, 3.8) is 0 Å². The predicted octanol–water partition coefficient (Wildman–Crippen LogP) is 2.40. The smallest absolute Gasteiger partial charge is 0.323 e. The Kier molecular flexibility index (Phi) is 2.92. The summed E-state index contributed by atoms with van der Waals surface area (Å²) in [5.41, 5.74) is 6.05. The van der Waals surface area contributed by atoms with Crippen molar-refractivity contribution >= 4 is 11.5 Å². The SMILES string of the molecule is Cc1cc(C(N)CC(F)(F)F)sn1. The molecule has 0 spiro atoms. The van der Waals surface area contributed by atoms with Crippen LogP contribution in [0.3, 0.4) is 0 Å². The first kappa shape index (κ1) is 10.5. The van der Waals surface area contributed by atoms with Crippen molar-refractivity contribution in [3.05, 3.63) is 16.6 Å². The summed E-state index contributed by atoms with van der Waals surface area (Å²) >= 11 is 1.02. The minimum absolute atomic E-state index is 0.481. The van der Waals surface area contributed by atoms with Crippen LogP contribution in [0.1, 0.15) is 23.0 Å². The van der Waals surface area contributed by atoms with Crippen molar-refractivity contribution in [2.75, 3.05) is 0 Å². The largest absolute Gasteiger partial charge is 0.390 e. The van der Waals surface area contributed by atoms with Crippen LogP contribution in [0, 0.1) is 6.92 Å². The third-order valence-electron chi connectivity index (χ3n) is 1.46. The summed E-state index contributed by atoms with van der Waals surface area (Å²) in [5, 5.41) is 0. The van der Waals surface area contributed by atoms with E-state index in [1.807, 2.05) is 0 Å². The number of halogens is 3. The zero-order chi connectivity index (χ0) is 10.1. The maximum absolute atomic E-state index is 11.9. The van der Waals surface area contributed by atoms with Crippen molar-refractivity contribution < 1.29 is 13.2 Å². The summed E-state index contributed by atoms with van der Waals surface area (Å²) in [6, 6.07) is 0.604. The lowest BCUT2D eigenvalue weighted by atomic mass is 10.2. The molecule has 1 aromatic heterocycles. The van der Waals surface area contributed by atoms with Crippen LogP contribution in [0.5, 0.6) is 0 Å². The Morgan fingerprint density at radius 1 is 1.62 bits per heavy atom. The van der Waals surface area contributed by atoms with E-state index < -0.39 is 18.6 Å². The number of rotatable bonds is 2. The molecule has 0 aliphatic heterocycles. The van der Waals surface area contributed by atoms with Gasteiger partial charge in [0.25, 0.3) is 0 Å². The first-order valence-electron chi connectivity index (χ1n) is 3.64. The lowest BCUT2D eigenvalue weighted by Crippen LogP contribution is -2.19. The fourth-order valence-electron chi connectivity index (χ4n) is 0.908. The second-order valence-corrected chi connectivity index (χ2v) is 3.63. The summed E-state index contributed by atoms with van der Waals surface area (Å²) in [6.45, 7) is 1.72. The Labute approximate surface area is 77.7 Å². The van der Waals surface area contributed by atoms with Crippen LogP contribution >= 0.6 is 11.5 Å². The lowest BCUT2D eigenvalue weighted by molar-refractivity contribution is -0.138. The van der Waals surface area contributed by atoms with E-state index in [9.17, 15) is 13.2 Å². The highest BCUT2D eigenvalue weighted by atomic mass is 32.1. The Hall–Kier alpha value is -0.620. The molecule has 1 aromatic rings. The number of nitrogens with two attached hydrogens (primary N) is 1. The van der Waals surface area contributed by atoms with E-state index in [1.165, 1.54) is 0 Å². The van der Waals surface area contributed by atoms with Gasteiger partial charge in [0.15, 0.2) is 0 Å². The number of hydrogen-bond acceptors (Lipinski definition) is 3. The van der Waals surface area contributed by atoms with Crippen LogP contribution < -0.4 is 5.73 Å².